The van der Waals surface area contributed by atoms with E-state index in [0.717, 1.165) is 16.5 Å². The smallest absolute Gasteiger partial charge is 0.120 e. The first-order valence-electron chi connectivity index (χ1n) is 4.14. The summed E-state index contributed by atoms with van der Waals surface area (Å²) >= 11 is 5.96. The normalized spacial score (nSPS) is 12.6. The SMILES string of the molecule is N#C[C@@H](N)c1c[nH]c2c(Cl)cccc12. The third-order valence-corrected chi connectivity index (χ3v) is 2.49. The van der Waals surface area contributed by atoms with E-state index < -0.39 is 6.04 Å². The lowest BCUT2D eigenvalue weighted by molar-refractivity contribution is 0.936. The summed E-state index contributed by atoms with van der Waals surface area (Å²) < 4.78 is 0. The molecule has 2 rings (SSSR count). The molecule has 0 unspecified atom stereocenters. The summed E-state index contributed by atoms with van der Waals surface area (Å²) in [5.74, 6) is 0. The number of halogens is 1. The van der Waals surface area contributed by atoms with Crippen molar-refractivity contribution in [1.29, 1.82) is 5.26 Å². The van der Waals surface area contributed by atoms with Crippen LogP contribution in [0.2, 0.25) is 5.02 Å². The van der Waals surface area contributed by atoms with Crippen molar-refractivity contribution in [3.05, 3.63) is 35.0 Å². The number of para-hydroxylation sites is 1. The van der Waals surface area contributed by atoms with Gasteiger partial charge in [-0.3, -0.25) is 0 Å². The maximum atomic E-state index is 8.71. The maximum Gasteiger partial charge on any atom is 0.120 e. The molecule has 0 fully saturated rings. The molecule has 0 radical (unpaired) electrons. The van der Waals surface area contributed by atoms with Gasteiger partial charge in [0.2, 0.25) is 0 Å². The molecule has 0 saturated heterocycles. The second-order valence-corrected chi connectivity index (χ2v) is 3.42. The number of nitrogens with one attached hydrogen (secondary N) is 1. The second-order valence-electron chi connectivity index (χ2n) is 3.01. The highest BCUT2D eigenvalue weighted by atomic mass is 35.5. The quantitative estimate of drug-likeness (QED) is 0.751. The minimum absolute atomic E-state index is 0.609. The van der Waals surface area contributed by atoms with E-state index in [0.29, 0.717) is 5.02 Å². The second kappa shape index (κ2) is 3.33. The first kappa shape index (κ1) is 9.07. The zero-order valence-electron chi connectivity index (χ0n) is 7.29. The minimum atomic E-state index is -0.609. The van der Waals surface area contributed by atoms with E-state index in [1.807, 2.05) is 18.2 Å². The number of hydrogen-bond acceptors (Lipinski definition) is 2. The molecular formula is C10H8ClN3. The van der Waals surface area contributed by atoms with Crippen molar-refractivity contribution in [3.8, 4) is 6.07 Å². The molecule has 1 aromatic carbocycles. The topological polar surface area (TPSA) is 65.6 Å². The lowest BCUT2D eigenvalue weighted by Crippen LogP contribution is -2.05. The summed E-state index contributed by atoms with van der Waals surface area (Å²) in [6, 6.07) is 6.91. The van der Waals surface area contributed by atoms with Crippen molar-refractivity contribution >= 4 is 22.5 Å². The molecule has 1 heterocycles. The van der Waals surface area contributed by atoms with Gasteiger partial charge in [0, 0.05) is 17.1 Å². The molecule has 2 aromatic rings. The molecule has 14 heavy (non-hydrogen) atoms. The minimum Gasteiger partial charge on any atom is -0.360 e. The summed E-state index contributed by atoms with van der Waals surface area (Å²) in [7, 11) is 0. The van der Waals surface area contributed by atoms with Crippen molar-refractivity contribution < 1.29 is 0 Å². The fraction of sp³-hybridized carbons (Fsp3) is 0.100. The first-order valence-corrected chi connectivity index (χ1v) is 4.52. The van der Waals surface area contributed by atoms with Crippen LogP contribution in [0.1, 0.15) is 11.6 Å². The Kier molecular flexibility index (Phi) is 2.16. The zero-order valence-corrected chi connectivity index (χ0v) is 8.05. The molecule has 3 nitrogen and oxygen atoms in total. The van der Waals surface area contributed by atoms with Crippen LogP contribution in [0, 0.1) is 11.3 Å². The van der Waals surface area contributed by atoms with Gasteiger partial charge in [0.05, 0.1) is 16.6 Å². The molecule has 0 spiro atoms. The van der Waals surface area contributed by atoms with Crippen molar-refractivity contribution in [2.24, 2.45) is 5.73 Å². The number of nitrogens with zero attached hydrogens (tertiary/aromatic N) is 1. The van der Waals surface area contributed by atoms with Crippen LogP contribution >= 0.6 is 11.6 Å². The maximum absolute atomic E-state index is 8.71. The molecule has 3 N–H and O–H groups in total. The largest absolute Gasteiger partial charge is 0.360 e. The Morgan fingerprint density at radius 3 is 3.00 bits per heavy atom. The summed E-state index contributed by atoms with van der Waals surface area (Å²) in [6.45, 7) is 0. The Hall–Kier alpha value is -1.50. The van der Waals surface area contributed by atoms with Crippen LogP contribution in [-0.4, -0.2) is 4.98 Å². The Bertz CT molecular complexity index is 510. The third-order valence-electron chi connectivity index (χ3n) is 2.17. The Morgan fingerprint density at radius 2 is 2.29 bits per heavy atom. The van der Waals surface area contributed by atoms with E-state index >= 15 is 0 Å². The van der Waals surface area contributed by atoms with E-state index in [9.17, 15) is 0 Å². The highest BCUT2D eigenvalue weighted by Gasteiger charge is 2.11. The molecule has 1 atom stereocenters. The highest BCUT2D eigenvalue weighted by Crippen LogP contribution is 2.27. The van der Waals surface area contributed by atoms with Crippen molar-refractivity contribution in [1.82, 2.24) is 4.98 Å². The van der Waals surface area contributed by atoms with Gasteiger partial charge >= 0.3 is 0 Å². The standard InChI is InChI=1S/C10H8ClN3/c11-8-3-1-2-6-7(9(13)4-12)5-14-10(6)8/h1-3,5,9,14H,13H2/t9-/m1/s1. The number of rotatable bonds is 1. The monoisotopic (exact) mass is 205 g/mol. The molecule has 0 aliphatic carbocycles. The molecule has 0 saturated carbocycles. The van der Waals surface area contributed by atoms with Crippen LogP contribution in [-0.2, 0) is 0 Å². The van der Waals surface area contributed by atoms with Crippen molar-refractivity contribution in [3.63, 3.8) is 0 Å². The number of hydrogen-bond donors (Lipinski definition) is 2. The Morgan fingerprint density at radius 1 is 1.50 bits per heavy atom. The molecule has 0 amide bonds. The lowest BCUT2D eigenvalue weighted by atomic mass is 10.1. The van der Waals surface area contributed by atoms with Crippen LogP contribution in [0.4, 0.5) is 0 Å². The van der Waals surface area contributed by atoms with Crippen LogP contribution in [0.3, 0.4) is 0 Å². The number of aromatic amines is 1. The Labute approximate surface area is 86.1 Å². The number of fused-ring (bicyclic) bond motifs is 1. The van der Waals surface area contributed by atoms with Gasteiger partial charge in [0.1, 0.15) is 6.04 Å². The average molecular weight is 206 g/mol. The first-order chi connectivity index (χ1) is 6.74. The number of nitrogens with two attached hydrogens (primary N) is 1. The summed E-state index contributed by atoms with van der Waals surface area (Å²) in [5.41, 5.74) is 7.24. The zero-order chi connectivity index (χ0) is 10.1. The van der Waals surface area contributed by atoms with Gasteiger partial charge in [-0.05, 0) is 6.07 Å². The molecule has 4 heteroatoms. The van der Waals surface area contributed by atoms with E-state index in [2.05, 4.69) is 4.98 Å². The molecule has 0 aliphatic heterocycles. The number of benzene rings is 1. The van der Waals surface area contributed by atoms with Gasteiger partial charge < -0.3 is 10.7 Å². The Balaban J connectivity index is 2.71. The van der Waals surface area contributed by atoms with Crippen molar-refractivity contribution in [2.45, 2.75) is 6.04 Å². The van der Waals surface area contributed by atoms with Crippen LogP contribution in [0.5, 0.6) is 0 Å². The van der Waals surface area contributed by atoms with Gasteiger partial charge in [-0.2, -0.15) is 5.26 Å². The van der Waals surface area contributed by atoms with Gasteiger partial charge in [-0.25, -0.2) is 0 Å². The number of aromatic nitrogens is 1. The molecular weight excluding hydrogens is 198 g/mol. The lowest BCUT2D eigenvalue weighted by Gasteiger charge is -1.99. The molecule has 1 aromatic heterocycles. The van der Waals surface area contributed by atoms with E-state index in [1.165, 1.54) is 0 Å². The average Bonchev–Trinajstić information content (AvgIpc) is 2.62. The number of nitriles is 1. The highest BCUT2D eigenvalue weighted by molar-refractivity contribution is 6.35. The molecule has 0 bridgehead atoms. The van der Waals surface area contributed by atoms with E-state index in [1.54, 1.807) is 12.3 Å². The van der Waals surface area contributed by atoms with Crippen LogP contribution < -0.4 is 5.73 Å². The summed E-state index contributed by atoms with van der Waals surface area (Å²) in [5, 5.41) is 10.3. The predicted molar refractivity (Wildman–Crippen MR) is 55.9 cm³/mol. The van der Waals surface area contributed by atoms with Gasteiger partial charge in [0.15, 0.2) is 0 Å². The molecule has 0 aliphatic rings. The molecule has 70 valence electrons. The third kappa shape index (κ3) is 1.25. The number of H-pyrrole nitrogens is 1. The van der Waals surface area contributed by atoms with E-state index in [4.69, 9.17) is 22.6 Å². The van der Waals surface area contributed by atoms with Crippen LogP contribution in [0.25, 0.3) is 10.9 Å². The van der Waals surface area contributed by atoms with Crippen LogP contribution in [0.15, 0.2) is 24.4 Å². The van der Waals surface area contributed by atoms with Gasteiger partial charge in [0.25, 0.3) is 0 Å². The fourth-order valence-electron chi connectivity index (χ4n) is 1.47. The predicted octanol–water partition coefficient (Wildman–Crippen LogP) is 2.34. The summed E-state index contributed by atoms with van der Waals surface area (Å²) in [4.78, 5) is 3.01. The van der Waals surface area contributed by atoms with E-state index in [-0.39, 0.29) is 0 Å². The van der Waals surface area contributed by atoms with Gasteiger partial charge in [-0.15, -0.1) is 0 Å². The summed E-state index contributed by atoms with van der Waals surface area (Å²) in [6.07, 6.45) is 1.73. The van der Waals surface area contributed by atoms with Gasteiger partial charge in [-0.1, -0.05) is 23.7 Å². The van der Waals surface area contributed by atoms with Crippen molar-refractivity contribution in [2.75, 3.05) is 0 Å². The fourth-order valence-corrected chi connectivity index (χ4v) is 1.70.